The average molecular weight is 280 g/mol. The van der Waals surface area contributed by atoms with Crippen LogP contribution in [-0.4, -0.2) is 12.3 Å². The highest BCUT2D eigenvalue weighted by Gasteiger charge is 2.16. The third-order valence-corrected chi connectivity index (χ3v) is 4.55. The van der Waals surface area contributed by atoms with E-state index in [0.717, 1.165) is 0 Å². The molecule has 0 spiro atoms. The molecule has 2 nitrogen and oxygen atoms in total. The second-order valence-corrected chi connectivity index (χ2v) is 6.12. The van der Waals surface area contributed by atoms with E-state index in [1.54, 1.807) is 0 Å². The minimum Gasteiger partial charge on any atom is -0.307 e. The summed E-state index contributed by atoms with van der Waals surface area (Å²) in [6.45, 7) is 2.19. The summed E-state index contributed by atoms with van der Waals surface area (Å²) in [6.07, 6.45) is 15.1. The Hall–Kier alpha value is -1.83. The highest BCUT2D eigenvalue weighted by Crippen LogP contribution is 2.31. The van der Waals surface area contributed by atoms with E-state index < -0.39 is 0 Å². The number of nitrogens with zero attached hydrogens (tertiary/aromatic N) is 1. The zero-order valence-electron chi connectivity index (χ0n) is 12.8. The largest absolute Gasteiger partial charge is 0.307 e. The van der Waals surface area contributed by atoms with Crippen molar-refractivity contribution >= 4 is 6.21 Å². The number of hydrogen-bond donors (Lipinski definition) is 1. The van der Waals surface area contributed by atoms with Crippen LogP contribution >= 0.6 is 0 Å². The summed E-state index contributed by atoms with van der Waals surface area (Å²) in [5.74, 6) is 0.405. The van der Waals surface area contributed by atoms with Crippen LogP contribution in [0.2, 0.25) is 0 Å². The molecule has 1 N–H and O–H groups in total. The van der Waals surface area contributed by atoms with Gasteiger partial charge in [-0.2, -0.15) is 5.10 Å². The Morgan fingerprint density at radius 1 is 1.14 bits per heavy atom. The molecule has 1 saturated carbocycles. The van der Waals surface area contributed by atoms with E-state index >= 15 is 0 Å². The first kappa shape index (κ1) is 14.1. The van der Waals surface area contributed by atoms with E-state index in [0.29, 0.717) is 12.0 Å². The number of allylic oxidation sites excluding steroid dienone is 4. The quantitative estimate of drug-likeness (QED) is 0.635. The molecule has 0 bridgehead atoms. The van der Waals surface area contributed by atoms with Gasteiger partial charge >= 0.3 is 0 Å². The Labute approximate surface area is 127 Å². The molecule has 0 heterocycles. The summed E-state index contributed by atoms with van der Waals surface area (Å²) in [5.41, 5.74) is 7.29. The van der Waals surface area contributed by atoms with Gasteiger partial charge < -0.3 is 5.43 Å². The second kappa shape index (κ2) is 6.75. The Bertz CT molecular complexity index is 563. The molecule has 3 rings (SSSR count). The predicted molar refractivity (Wildman–Crippen MR) is 89.7 cm³/mol. The van der Waals surface area contributed by atoms with E-state index in [1.165, 1.54) is 48.8 Å². The Balaban J connectivity index is 1.70. The van der Waals surface area contributed by atoms with Crippen LogP contribution in [0.15, 0.2) is 53.2 Å². The molecule has 2 heteroatoms. The number of benzene rings is 1. The van der Waals surface area contributed by atoms with Gasteiger partial charge in [-0.1, -0.05) is 67.3 Å². The van der Waals surface area contributed by atoms with Crippen molar-refractivity contribution in [3.8, 4) is 0 Å². The summed E-state index contributed by atoms with van der Waals surface area (Å²) in [5, 5.41) is 4.50. The van der Waals surface area contributed by atoms with Crippen molar-refractivity contribution in [3.63, 3.8) is 0 Å². The predicted octanol–water partition coefficient (Wildman–Crippen LogP) is 4.54. The Morgan fingerprint density at radius 2 is 1.95 bits per heavy atom. The monoisotopic (exact) mass is 280 g/mol. The van der Waals surface area contributed by atoms with Crippen LogP contribution in [-0.2, 0) is 0 Å². The van der Waals surface area contributed by atoms with Gasteiger partial charge in [0, 0.05) is 12.0 Å². The van der Waals surface area contributed by atoms with Crippen molar-refractivity contribution in [3.05, 3.63) is 59.2 Å². The molecule has 0 aromatic heterocycles. The molecule has 0 amide bonds. The van der Waals surface area contributed by atoms with Crippen molar-refractivity contribution < 1.29 is 0 Å². The van der Waals surface area contributed by atoms with Gasteiger partial charge in [0.1, 0.15) is 0 Å². The molecule has 21 heavy (non-hydrogen) atoms. The van der Waals surface area contributed by atoms with Gasteiger partial charge in [0.15, 0.2) is 0 Å². The van der Waals surface area contributed by atoms with Crippen molar-refractivity contribution in [1.82, 2.24) is 5.43 Å². The molecule has 0 saturated heterocycles. The number of rotatable bonds is 4. The van der Waals surface area contributed by atoms with Crippen LogP contribution in [0, 0.1) is 0 Å². The van der Waals surface area contributed by atoms with Crippen LogP contribution in [0.4, 0.5) is 0 Å². The molecule has 2 aliphatic rings. The summed E-state index contributed by atoms with van der Waals surface area (Å²) < 4.78 is 0. The third kappa shape index (κ3) is 3.44. The number of hydrazone groups is 1. The average Bonchev–Trinajstić information content (AvgIpc) is 2.95. The van der Waals surface area contributed by atoms with Crippen LogP contribution in [0.3, 0.4) is 0 Å². The molecule has 2 aliphatic carbocycles. The van der Waals surface area contributed by atoms with Gasteiger partial charge in [0.25, 0.3) is 0 Å². The minimum absolute atomic E-state index is 0.405. The molecule has 110 valence electrons. The fraction of sp³-hybridized carbons (Fsp3) is 0.421. The maximum Gasteiger partial charge on any atom is 0.0543 e. The third-order valence-electron chi connectivity index (χ3n) is 4.55. The standard InChI is InChI=1S/C19H24N2/c1-15-8-7-13-18(15)19-12-6-5-9-16(19)14-20-21-17-10-3-2-4-11-17/h5-9,12-14,17-18,21H,2-4,10-11H2,1H3. The fourth-order valence-electron chi connectivity index (χ4n) is 3.28. The van der Waals surface area contributed by atoms with Gasteiger partial charge in [0.05, 0.1) is 6.21 Å². The SMILES string of the molecule is CC1=CC=CC1c1ccccc1C=NNC1CCCCC1. The maximum absolute atomic E-state index is 4.50. The van der Waals surface area contributed by atoms with Crippen LogP contribution in [0.1, 0.15) is 56.1 Å². The van der Waals surface area contributed by atoms with E-state index in [9.17, 15) is 0 Å². The van der Waals surface area contributed by atoms with E-state index in [4.69, 9.17) is 0 Å². The topological polar surface area (TPSA) is 24.4 Å². The lowest BCUT2D eigenvalue weighted by Crippen LogP contribution is -2.26. The van der Waals surface area contributed by atoms with Crippen molar-refractivity contribution in [2.24, 2.45) is 5.10 Å². The first-order valence-electron chi connectivity index (χ1n) is 8.07. The molecule has 1 aromatic carbocycles. The van der Waals surface area contributed by atoms with Gasteiger partial charge in [-0.3, -0.25) is 0 Å². The number of nitrogens with one attached hydrogen (secondary N) is 1. The molecule has 1 aromatic rings. The highest BCUT2D eigenvalue weighted by atomic mass is 15.3. The maximum atomic E-state index is 4.50. The second-order valence-electron chi connectivity index (χ2n) is 6.12. The molecular weight excluding hydrogens is 256 g/mol. The van der Waals surface area contributed by atoms with E-state index in [1.807, 2.05) is 6.21 Å². The smallest absolute Gasteiger partial charge is 0.0543 e. The summed E-state index contributed by atoms with van der Waals surface area (Å²) in [4.78, 5) is 0. The van der Waals surface area contributed by atoms with Crippen molar-refractivity contribution in [2.45, 2.75) is 51.0 Å². The minimum atomic E-state index is 0.405. The lowest BCUT2D eigenvalue weighted by Gasteiger charge is -2.21. The van der Waals surface area contributed by atoms with Gasteiger partial charge in [0.2, 0.25) is 0 Å². The highest BCUT2D eigenvalue weighted by molar-refractivity contribution is 5.82. The molecule has 0 aliphatic heterocycles. The fourth-order valence-corrected chi connectivity index (χ4v) is 3.28. The van der Waals surface area contributed by atoms with Gasteiger partial charge in [-0.25, -0.2) is 0 Å². The van der Waals surface area contributed by atoms with Gasteiger partial charge in [-0.15, -0.1) is 0 Å². The molecule has 1 atom stereocenters. The summed E-state index contributed by atoms with van der Waals surface area (Å²) >= 11 is 0. The molecule has 1 fully saturated rings. The molecule has 0 radical (unpaired) electrons. The molecular formula is C19H24N2. The zero-order valence-corrected chi connectivity index (χ0v) is 12.8. The normalized spacial score (nSPS) is 22.7. The Kier molecular flexibility index (Phi) is 4.54. The van der Waals surface area contributed by atoms with E-state index in [2.05, 4.69) is 59.9 Å². The van der Waals surface area contributed by atoms with Gasteiger partial charge in [-0.05, 0) is 30.9 Å². The first-order valence-corrected chi connectivity index (χ1v) is 8.07. The first-order chi connectivity index (χ1) is 10.3. The van der Waals surface area contributed by atoms with Crippen LogP contribution in [0.25, 0.3) is 0 Å². The molecule has 1 unspecified atom stereocenters. The summed E-state index contributed by atoms with van der Waals surface area (Å²) in [7, 11) is 0. The Morgan fingerprint density at radius 3 is 2.71 bits per heavy atom. The van der Waals surface area contributed by atoms with Crippen LogP contribution in [0.5, 0.6) is 0 Å². The van der Waals surface area contributed by atoms with E-state index in [-0.39, 0.29) is 0 Å². The zero-order chi connectivity index (χ0) is 14.5. The lowest BCUT2D eigenvalue weighted by molar-refractivity contribution is 0.381. The van der Waals surface area contributed by atoms with Crippen molar-refractivity contribution in [1.29, 1.82) is 0 Å². The lowest BCUT2D eigenvalue weighted by atomic mass is 9.91. The van der Waals surface area contributed by atoms with Crippen molar-refractivity contribution in [2.75, 3.05) is 0 Å². The number of hydrogen-bond acceptors (Lipinski definition) is 2. The summed E-state index contributed by atoms with van der Waals surface area (Å²) in [6, 6.07) is 9.12. The van der Waals surface area contributed by atoms with Crippen LogP contribution < -0.4 is 5.43 Å².